The number of rotatable bonds is 4. The predicted molar refractivity (Wildman–Crippen MR) is 51.6 cm³/mol. The van der Waals surface area contributed by atoms with Crippen molar-refractivity contribution in [3.63, 3.8) is 0 Å². The SMILES string of the molecule is COCOc1ccccc1CBr. The number of hydrogen-bond acceptors (Lipinski definition) is 2. The summed E-state index contributed by atoms with van der Waals surface area (Å²) in [6, 6.07) is 7.86. The number of benzene rings is 1. The second kappa shape index (κ2) is 5.17. The lowest BCUT2D eigenvalue weighted by Gasteiger charge is -2.07. The molecule has 1 aromatic carbocycles. The first kappa shape index (κ1) is 9.55. The van der Waals surface area contributed by atoms with Crippen molar-refractivity contribution < 1.29 is 9.47 Å². The molecule has 0 unspecified atom stereocenters. The van der Waals surface area contributed by atoms with Gasteiger partial charge < -0.3 is 9.47 Å². The van der Waals surface area contributed by atoms with Crippen LogP contribution in [0.2, 0.25) is 0 Å². The summed E-state index contributed by atoms with van der Waals surface area (Å²) >= 11 is 3.38. The van der Waals surface area contributed by atoms with Crippen LogP contribution in [0.5, 0.6) is 5.75 Å². The van der Waals surface area contributed by atoms with Gasteiger partial charge in [0.1, 0.15) is 5.75 Å². The van der Waals surface area contributed by atoms with E-state index < -0.39 is 0 Å². The first-order valence-electron chi connectivity index (χ1n) is 3.64. The Hall–Kier alpha value is -0.540. The van der Waals surface area contributed by atoms with Crippen molar-refractivity contribution in [2.24, 2.45) is 0 Å². The maximum absolute atomic E-state index is 5.32. The van der Waals surface area contributed by atoms with E-state index >= 15 is 0 Å². The van der Waals surface area contributed by atoms with Crippen LogP contribution in [-0.4, -0.2) is 13.9 Å². The molecule has 3 heteroatoms. The van der Waals surface area contributed by atoms with E-state index in [9.17, 15) is 0 Å². The largest absolute Gasteiger partial charge is 0.467 e. The van der Waals surface area contributed by atoms with Gasteiger partial charge in [-0.25, -0.2) is 0 Å². The fourth-order valence-corrected chi connectivity index (χ4v) is 1.34. The fraction of sp³-hybridized carbons (Fsp3) is 0.333. The van der Waals surface area contributed by atoms with Crippen molar-refractivity contribution in [3.05, 3.63) is 29.8 Å². The Morgan fingerprint density at radius 3 is 2.75 bits per heavy atom. The highest BCUT2D eigenvalue weighted by molar-refractivity contribution is 9.08. The van der Waals surface area contributed by atoms with Crippen LogP contribution in [0.15, 0.2) is 24.3 Å². The molecule has 1 aromatic rings. The van der Waals surface area contributed by atoms with Gasteiger partial charge in [-0.15, -0.1) is 0 Å². The number of halogens is 1. The van der Waals surface area contributed by atoms with Crippen LogP contribution < -0.4 is 4.74 Å². The Morgan fingerprint density at radius 2 is 2.08 bits per heavy atom. The van der Waals surface area contributed by atoms with Crippen molar-refractivity contribution in [1.29, 1.82) is 0 Å². The Balaban J connectivity index is 2.68. The second-order valence-corrected chi connectivity index (χ2v) is 2.85. The number of para-hydroxylation sites is 1. The van der Waals surface area contributed by atoms with Crippen LogP contribution >= 0.6 is 15.9 Å². The zero-order valence-corrected chi connectivity index (χ0v) is 8.50. The van der Waals surface area contributed by atoms with E-state index in [2.05, 4.69) is 15.9 Å². The molecule has 0 spiro atoms. The molecule has 0 atom stereocenters. The molecule has 12 heavy (non-hydrogen) atoms. The van der Waals surface area contributed by atoms with Gasteiger partial charge in [0.25, 0.3) is 0 Å². The molecule has 0 fully saturated rings. The van der Waals surface area contributed by atoms with E-state index in [0.29, 0.717) is 6.79 Å². The van der Waals surface area contributed by atoms with E-state index in [1.54, 1.807) is 7.11 Å². The molecule has 0 aliphatic rings. The molecule has 0 amide bonds. The standard InChI is InChI=1S/C9H11BrO2/c1-11-7-12-9-5-3-2-4-8(9)6-10/h2-5H,6-7H2,1H3. The highest BCUT2D eigenvalue weighted by atomic mass is 79.9. The highest BCUT2D eigenvalue weighted by Gasteiger charge is 1.99. The van der Waals surface area contributed by atoms with Crippen LogP contribution in [-0.2, 0) is 10.1 Å². The minimum absolute atomic E-state index is 0.296. The molecule has 0 aromatic heterocycles. The number of alkyl halides is 1. The minimum atomic E-state index is 0.296. The topological polar surface area (TPSA) is 18.5 Å². The molecule has 0 saturated carbocycles. The lowest BCUT2D eigenvalue weighted by Crippen LogP contribution is -2.00. The Labute approximate surface area is 80.6 Å². The third-order valence-electron chi connectivity index (χ3n) is 1.45. The first-order valence-corrected chi connectivity index (χ1v) is 4.76. The Bertz CT molecular complexity index is 238. The smallest absolute Gasteiger partial charge is 0.188 e. The summed E-state index contributed by atoms with van der Waals surface area (Å²) in [7, 11) is 1.61. The molecular weight excluding hydrogens is 220 g/mol. The average Bonchev–Trinajstić information content (AvgIpc) is 2.15. The molecule has 0 aliphatic heterocycles. The van der Waals surface area contributed by atoms with Gasteiger partial charge in [0.2, 0.25) is 0 Å². The molecule has 0 radical (unpaired) electrons. The summed E-state index contributed by atoms with van der Waals surface area (Å²) < 4.78 is 10.1. The average molecular weight is 231 g/mol. The predicted octanol–water partition coefficient (Wildman–Crippen LogP) is 2.56. The summed E-state index contributed by atoms with van der Waals surface area (Å²) in [6.45, 7) is 0.296. The van der Waals surface area contributed by atoms with Crippen LogP contribution in [0.4, 0.5) is 0 Å². The third-order valence-corrected chi connectivity index (χ3v) is 2.05. The summed E-state index contributed by atoms with van der Waals surface area (Å²) in [5.41, 5.74) is 1.13. The summed E-state index contributed by atoms with van der Waals surface area (Å²) in [5.74, 6) is 0.872. The number of hydrogen-bond donors (Lipinski definition) is 0. The zero-order valence-electron chi connectivity index (χ0n) is 6.92. The van der Waals surface area contributed by atoms with Crippen molar-refractivity contribution in [2.45, 2.75) is 5.33 Å². The van der Waals surface area contributed by atoms with Crippen LogP contribution in [0, 0.1) is 0 Å². The van der Waals surface area contributed by atoms with Crippen molar-refractivity contribution in [2.75, 3.05) is 13.9 Å². The molecule has 0 aliphatic carbocycles. The summed E-state index contributed by atoms with van der Waals surface area (Å²) in [4.78, 5) is 0. The van der Waals surface area contributed by atoms with Crippen LogP contribution in [0.1, 0.15) is 5.56 Å². The number of methoxy groups -OCH3 is 1. The van der Waals surface area contributed by atoms with Crippen molar-refractivity contribution in [1.82, 2.24) is 0 Å². The second-order valence-electron chi connectivity index (χ2n) is 2.29. The monoisotopic (exact) mass is 230 g/mol. The van der Waals surface area contributed by atoms with Crippen LogP contribution in [0.25, 0.3) is 0 Å². The van der Waals surface area contributed by atoms with E-state index in [1.165, 1.54) is 0 Å². The van der Waals surface area contributed by atoms with Gasteiger partial charge in [0.15, 0.2) is 6.79 Å². The molecule has 0 heterocycles. The van der Waals surface area contributed by atoms with Gasteiger partial charge in [-0.1, -0.05) is 34.1 Å². The summed E-state index contributed by atoms with van der Waals surface area (Å²) in [5, 5.41) is 0.798. The molecule has 0 N–H and O–H groups in total. The van der Waals surface area contributed by atoms with Crippen molar-refractivity contribution >= 4 is 15.9 Å². The molecule has 66 valence electrons. The quantitative estimate of drug-likeness (QED) is 0.585. The maximum Gasteiger partial charge on any atom is 0.188 e. The van der Waals surface area contributed by atoms with Crippen molar-refractivity contribution in [3.8, 4) is 5.75 Å². The zero-order chi connectivity index (χ0) is 8.81. The third kappa shape index (κ3) is 2.50. The molecule has 0 bridgehead atoms. The highest BCUT2D eigenvalue weighted by Crippen LogP contribution is 2.20. The van der Waals surface area contributed by atoms with Gasteiger partial charge in [0, 0.05) is 18.0 Å². The van der Waals surface area contributed by atoms with Crippen LogP contribution in [0.3, 0.4) is 0 Å². The normalized spacial score (nSPS) is 9.83. The molecule has 1 rings (SSSR count). The first-order chi connectivity index (χ1) is 5.88. The van der Waals surface area contributed by atoms with E-state index in [4.69, 9.17) is 9.47 Å². The fourth-order valence-electron chi connectivity index (χ4n) is 0.877. The van der Waals surface area contributed by atoms with E-state index in [0.717, 1.165) is 16.6 Å². The van der Waals surface area contributed by atoms with E-state index in [1.807, 2.05) is 24.3 Å². The molecule has 2 nitrogen and oxygen atoms in total. The lowest BCUT2D eigenvalue weighted by molar-refractivity contribution is 0.0506. The molecular formula is C9H11BrO2. The Kier molecular flexibility index (Phi) is 4.11. The van der Waals surface area contributed by atoms with Gasteiger partial charge in [-0.05, 0) is 6.07 Å². The lowest BCUT2D eigenvalue weighted by atomic mass is 10.2. The van der Waals surface area contributed by atoms with Gasteiger partial charge in [0.05, 0.1) is 0 Å². The van der Waals surface area contributed by atoms with Gasteiger partial charge >= 0.3 is 0 Å². The summed E-state index contributed by atoms with van der Waals surface area (Å²) in [6.07, 6.45) is 0. The molecule has 0 saturated heterocycles. The Morgan fingerprint density at radius 1 is 1.33 bits per heavy atom. The van der Waals surface area contributed by atoms with Gasteiger partial charge in [-0.3, -0.25) is 0 Å². The van der Waals surface area contributed by atoms with E-state index in [-0.39, 0.29) is 0 Å². The maximum atomic E-state index is 5.32. The number of ether oxygens (including phenoxy) is 2. The van der Waals surface area contributed by atoms with Gasteiger partial charge in [-0.2, -0.15) is 0 Å². The minimum Gasteiger partial charge on any atom is -0.467 e.